The molecule has 2 N–H and O–H groups in total. The summed E-state index contributed by atoms with van der Waals surface area (Å²) in [5.41, 5.74) is 6.13. The zero-order chi connectivity index (χ0) is 11.7. The fourth-order valence-electron chi connectivity index (χ4n) is 1.47. The predicted octanol–water partition coefficient (Wildman–Crippen LogP) is 2.49. The first-order valence-corrected chi connectivity index (χ1v) is 5.14. The molecular formula is C10H6BrN3O2. The van der Waals surface area contributed by atoms with Crippen LogP contribution < -0.4 is 5.73 Å². The first kappa shape index (κ1) is 10.7. The van der Waals surface area contributed by atoms with E-state index in [9.17, 15) is 9.70 Å². The number of halogens is 1. The highest BCUT2D eigenvalue weighted by atomic mass is 79.9. The van der Waals surface area contributed by atoms with Gasteiger partial charge in [0.25, 0.3) is 0 Å². The lowest BCUT2D eigenvalue weighted by Gasteiger charge is -2.07. The van der Waals surface area contributed by atoms with Crippen LogP contribution in [0.5, 0.6) is 0 Å². The first-order valence-electron chi connectivity index (χ1n) is 4.34. The third-order valence-electron chi connectivity index (χ3n) is 2.24. The van der Waals surface area contributed by atoms with Gasteiger partial charge >= 0.3 is 5.91 Å². The van der Waals surface area contributed by atoms with Crippen molar-refractivity contribution in [3.05, 3.63) is 39.5 Å². The van der Waals surface area contributed by atoms with Crippen LogP contribution in [0.2, 0.25) is 0 Å². The van der Waals surface area contributed by atoms with Gasteiger partial charge in [0.2, 0.25) is 0 Å². The van der Waals surface area contributed by atoms with Gasteiger partial charge in [-0.15, -0.1) is 4.91 Å². The highest BCUT2D eigenvalue weighted by Gasteiger charge is 2.14. The number of aromatic nitrogens is 1. The molecule has 1 aromatic carbocycles. The van der Waals surface area contributed by atoms with E-state index in [1.165, 1.54) is 6.07 Å². The highest BCUT2D eigenvalue weighted by molar-refractivity contribution is 9.10. The van der Waals surface area contributed by atoms with Crippen molar-refractivity contribution in [1.82, 2.24) is 4.98 Å². The summed E-state index contributed by atoms with van der Waals surface area (Å²) >= 11 is 3.29. The molecule has 0 aliphatic heterocycles. The van der Waals surface area contributed by atoms with Crippen molar-refractivity contribution in [2.75, 3.05) is 5.73 Å². The molecule has 16 heavy (non-hydrogen) atoms. The molecule has 0 fully saturated rings. The van der Waals surface area contributed by atoms with Crippen LogP contribution in [0, 0.1) is 4.91 Å². The van der Waals surface area contributed by atoms with Crippen molar-refractivity contribution < 1.29 is 4.79 Å². The largest absolute Gasteiger partial charge is 0.398 e. The second-order valence-electron chi connectivity index (χ2n) is 3.14. The normalized spacial score (nSPS) is 10.3. The number of fused-ring (bicyclic) bond motifs is 1. The van der Waals surface area contributed by atoms with Crippen molar-refractivity contribution >= 4 is 38.3 Å². The number of pyridine rings is 1. The summed E-state index contributed by atoms with van der Waals surface area (Å²) < 4.78 is 0.650. The van der Waals surface area contributed by atoms with Gasteiger partial charge in [-0.1, -0.05) is 15.9 Å². The molecule has 0 bridgehead atoms. The molecule has 80 valence electrons. The van der Waals surface area contributed by atoms with Crippen molar-refractivity contribution in [3.63, 3.8) is 0 Å². The number of rotatable bonds is 1. The Balaban J connectivity index is 2.85. The number of nitrogen functional groups attached to an aromatic ring is 1. The van der Waals surface area contributed by atoms with Crippen LogP contribution in [0.25, 0.3) is 10.8 Å². The molecule has 0 spiro atoms. The van der Waals surface area contributed by atoms with E-state index in [1.807, 2.05) is 0 Å². The Kier molecular flexibility index (Phi) is 2.66. The Labute approximate surface area is 98.8 Å². The van der Waals surface area contributed by atoms with Crippen molar-refractivity contribution in [2.24, 2.45) is 5.18 Å². The molecule has 5 nitrogen and oxygen atoms in total. The number of nitrogens with two attached hydrogens (primary N) is 1. The van der Waals surface area contributed by atoms with E-state index in [2.05, 4.69) is 26.1 Å². The van der Waals surface area contributed by atoms with E-state index < -0.39 is 5.91 Å². The van der Waals surface area contributed by atoms with E-state index in [0.29, 0.717) is 9.86 Å². The Hall–Kier alpha value is -1.82. The number of nitroso groups, excluding NO2 is 1. The van der Waals surface area contributed by atoms with E-state index >= 15 is 0 Å². The van der Waals surface area contributed by atoms with Crippen LogP contribution >= 0.6 is 15.9 Å². The molecule has 0 saturated heterocycles. The second-order valence-corrected chi connectivity index (χ2v) is 3.99. The summed E-state index contributed by atoms with van der Waals surface area (Å²) in [6.45, 7) is 0. The molecule has 2 rings (SSSR count). The van der Waals surface area contributed by atoms with Crippen molar-refractivity contribution in [1.29, 1.82) is 0 Å². The molecular weight excluding hydrogens is 274 g/mol. The van der Waals surface area contributed by atoms with Crippen LogP contribution in [-0.2, 0) is 0 Å². The number of hydrogen-bond acceptors (Lipinski definition) is 4. The average molecular weight is 280 g/mol. The van der Waals surface area contributed by atoms with E-state index in [1.54, 1.807) is 18.5 Å². The Bertz CT molecular complexity index is 598. The number of amides is 1. The van der Waals surface area contributed by atoms with Crippen LogP contribution in [0.15, 0.2) is 34.2 Å². The lowest BCUT2D eigenvalue weighted by molar-refractivity contribution is 0.100. The van der Waals surface area contributed by atoms with Gasteiger partial charge in [0.05, 0.1) is 11.3 Å². The number of benzene rings is 1. The van der Waals surface area contributed by atoms with Crippen molar-refractivity contribution in [3.8, 4) is 0 Å². The monoisotopic (exact) mass is 279 g/mol. The quantitative estimate of drug-likeness (QED) is 0.642. The van der Waals surface area contributed by atoms with Gasteiger partial charge in [-0.2, -0.15) is 0 Å². The summed E-state index contributed by atoms with van der Waals surface area (Å²) in [4.78, 5) is 25.4. The molecule has 1 amide bonds. The molecule has 1 aromatic heterocycles. The maximum Gasteiger partial charge on any atom is 0.318 e. The smallest absolute Gasteiger partial charge is 0.318 e. The molecule has 0 radical (unpaired) electrons. The van der Waals surface area contributed by atoms with Crippen LogP contribution in [0.4, 0.5) is 5.69 Å². The molecule has 0 saturated carbocycles. The molecule has 6 heteroatoms. The minimum Gasteiger partial charge on any atom is -0.398 e. The van der Waals surface area contributed by atoms with E-state index in [0.717, 1.165) is 5.39 Å². The summed E-state index contributed by atoms with van der Waals surface area (Å²) in [5, 5.41) is 3.81. The summed E-state index contributed by atoms with van der Waals surface area (Å²) in [7, 11) is 0. The summed E-state index contributed by atoms with van der Waals surface area (Å²) in [5.74, 6) is -0.878. The minimum absolute atomic E-state index is 0.0978. The summed E-state index contributed by atoms with van der Waals surface area (Å²) in [6, 6.07) is 3.15. The second kappa shape index (κ2) is 3.97. The maximum absolute atomic E-state index is 11.2. The number of carbonyl (C=O) groups excluding carboxylic acids is 1. The average Bonchev–Trinajstić information content (AvgIpc) is 2.33. The zero-order valence-electron chi connectivity index (χ0n) is 7.98. The lowest BCUT2D eigenvalue weighted by Crippen LogP contribution is -2.01. The predicted molar refractivity (Wildman–Crippen MR) is 64.0 cm³/mol. The molecule has 0 unspecified atom stereocenters. The maximum atomic E-state index is 11.2. The van der Waals surface area contributed by atoms with Gasteiger partial charge in [-0.3, -0.25) is 9.78 Å². The van der Waals surface area contributed by atoms with Gasteiger partial charge in [0, 0.05) is 32.8 Å². The number of hydrogen-bond donors (Lipinski definition) is 1. The Morgan fingerprint density at radius 2 is 2.19 bits per heavy atom. The zero-order valence-corrected chi connectivity index (χ0v) is 9.56. The highest BCUT2D eigenvalue weighted by Crippen LogP contribution is 2.31. The van der Waals surface area contributed by atoms with E-state index in [-0.39, 0.29) is 11.3 Å². The SMILES string of the molecule is Nc1c(C(=O)N=O)cc(Br)c2cnccc12. The van der Waals surface area contributed by atoms with Gasteiger partial charge in [0.1, 0.15) is 0 Å². The number of nitrogens with zero attached hydrogens (tertiary/aromatic N) is 2. The van der Waals surface area contributed by atoms with Crippen molar-refractivity contribution in [2.45, 2.75) is 0 Å². The molecule has 0 aliphatic rings. The fraction of sp³-hybridized carbons (Fsp3) is 0. The van der Waals surface area contributed by atoms with Gasteiger partial charge in [-0.25, -0.2) is 0 Å². The Morgan fingerprint density at radius 1 is 1.44 bits per heavy atom. The molecule has 2 aromatic rings. The van der Waals surface area contributed by atoms with E-state index in [4.69, 9.17) is 5.73 Å². The molecule has 0 aliphatic carbocycles. The standard InChI is InChI=1S/C10H6BrN3O2/c11-8-3-6(10(15)14-16)9(12)5-1-2-13-4-7(5)8/h1-4H,12H2. The van der Waals surface area contributed by atoms with Crippen LogP contribution in [0.1, 0.15) is 10.4 Å². The van der Waals surface area contributed by atoms with Crippen LogP contribution in [0.3, 0.4) is 0 Å². The fourth-order valence-corrected chi connectivity index (χ4v) is 2.02. The Morgan fingerprint density at radius 3 is 2.88 bits per heavy atom. The van der Waals surface area contributed by atoms with Crippen LogP contribution in [-0.4, -0.2) is 10.9 Å². The summed E-state index contributed by atoms with van der Waals surface area (Å²) in [6.07, 6.45) is 3.19. The lowest BCUT2D eigenvalue weighted by atomic mass is 10.1. The third kappa shape index (κ3) is 1.57. The third-order valence-corrected chi connectivity index (χ3v) is 2.90. The molecule has 0 atom stereocenters. The van der Waals surface area contributed by atoms with Gasteiger partial charge in [0.15, 0.2) is 0 Å². The minimum atomic E-state index is -0.878. The number of carbonyl (C=O) groups is 1. The molecule has 1 heterocycles. The first-order chi connectivity index (χ1) is 7.65. The van der Waals surface area contributed by atoms with Gasteiger partial charge < -0.3 is 5.73 Å². The number of anilines is 1. The van der Waals surface area contributed by atoms with Gasteiger partial charge in [-0.05, 0) is 12.1 Å². The topological polar surface area (TPSA) is 85.4 Å².